The third kappa shape index (κ3) is 3.18. The molecule has 0 aliphatic carbocycles. The highest BCUT2D eigenvalue weighted by Crippen LogP contribution is 2.16. The smallest absolute Gasteiger partial charge is 0.127 e. The molecule has 1 saturated heterocycles. The van der Waals surface area contributed by atoms with Crippen molar-refractivity contribution in [2.24, 2.45) is 5.92 Å². The number of aromatic nitrogens is 1. The second-order valence-electron chi connectivity index (χ2n) is 4.14. The van der Waals surface area contributed by atoms with Crippen LogP contribution in [0.4, 0.5) is 5.82 Å². The lowest BCUT2D eigenvalue weighted by Crippen LogP contribution is -2.19. The van der Waals surface area contributed by atoms with Gasteiger partial charge in [0.25, 0.3) is 0 Å². The molecule has 0 radical (unpaired) electrons. The molecular weight excluding hydrogens is 254 g/mol. The molecular formula is C11H16BrN3. The Balaban J connectivity index is 1.83. The molecule has 1 aromatic heterocycles. The van der Waals surface area contributed by atoms with Gasteiger partial charge in [0, 0.05) is 13.1 Å². The zero-order valence-corrected chi connectivity index (χ0v) is 10.5. The predicted molar refractivity (Wildman–Crippen MR) is 66.0 cm³/mol. The Morgan fingerprint density at radius 3 is 3.13 bits per heavy atom. The fourth-order valence-electron chi connectivity index (χ4n) is 1.95. The van der Waals surface area contributed by atoms with Crippen LogP contribution in [0.15, 0.2) is 22.8 Å². The normalized spacial score (nSPS) is 21.9. The molecule has 0 bridgehead atoms. The van der Waals surface area contributed by atoms with E-state index in [9.17, 15) is 0 Å². The van der Waals surface area contributed by atoms with Gasteiger partial charge < -0.3 is 10.2 Å². The molecule has 15 heavy (non-hydrogen) atoms. The molecule has 1 unspecified atom stereocenters. The van der Waals surface area contributed by atoms with Crippen molar-refractivity contribution in [3.8, 4) is 0 Å². The molecule has 2 rings (SSSR count). The van der Waals surface area contributed by atoms with Crippen LogP contribution in [-0.4, -0.2) is 36.6 Å². The van der Waals surface area contributed by atoms with Gasteiger partial charge in [-0.3, -0.25) is 0 Å². The second-order valence-corrected chi connectivity index (χ2v) is 4.96. The number of likely N-dealkylation sites (tertiary alicyclic amines) is 1. The third-order valence-electron chi connectivity index (χ3n) is 2.78. The van der Waals surface area contributed by atoms with E-state index in [-0.39, 0.29) is 0 Å². The van der Waals surface area contributed by atoms with Crippen LogP contribution in [-0.2, 0) is 0 Å². The van der Waals surface area contributed by atoms with E-state index in [0.29, 0.717) is 0 Å². The molecule has 0 spiro atoms. The van der Waals surface area contributed by atoms with Crippen molar-refractivity contribution in [1.82, 2.24) is 9.88 Å². The molecule has 1 N–H and O–H groups in total. The second kappa shape index (κ2) is 4.94. The predicted octanol–water partition coefficient (Wildman–Crippen LogP) is 2.21. The molecule has 82 valence electrons. The number of nitrogens with one attached hydrogen (secondary N) is 1. The summed E-state index contributed by atoms with van der Waals surface area (Å²) in [5.41, 5.74) is 0. The molecule has 0 aromatic carbocycles. The monoisotopic (exact) mass is 269 g/mol. The van der Waals surface area contributed by atoms with Crippen molar-refractivity contribution in [2.45, 2.75) is 6.42 Å². The van der Waals surface area contributed by atoms with Crippen molar-refractivity contribution < 1.29 is 0 Å². The van der Waals surface area contributed by atoms with E-state index >= 15 is 0 Å². The van der Waals surface area contributed by atoms with Gasteiger partial charge in [-0.2, -0.15) is 0 Å². The molecule has 1 aliphatic rings. The van der Waals surface area contributed by atoms with Crippen LogP contribution in [0.25, 0.3) is 0 Å². The summed E-state index contributed by atoms with van der Waals surface area (Å²) < 4.78 is 0.885. The largest absolute Gasteiger partial charge is 0.370 e. The summed E-state index contributed by atoms with van der Waals surface area (Å²) in [6, 6.07) is 5.94. The first-order valence-electron chi connectivity index (χ1n) is 5.29. The number of rotatable bonds is 3. The topological polar surface area (TPSA) is 28.2 Å². The standard InChI is InChI=1S/C11H16BrN3/c1-15-6-5-9(8-15)7-13-11-4-2-3-10(12)14-11/h2-4,9H,5-8H2,1H3,(H,13,14). The van der Waals surface area contributed by atoms with E-state index in [2.05, 4.69) is 38.2 Å². The molecule has 3 nitrogen and oxygen atoms in total. The maximum Gasteiger partial charge on any atom is 0.127 e. The minimum atomic E-state index is 0.760. The molecule has 0 amide bonds. The van der Waals surface area contributed by atoms with Gasteiger partial charge in [0.1, 0.15) is 10.4 Å². The summed E-state index contributed by atoms with van der Waals surface area (Å²) in [4.78, 5) is 6.72. The summed E-state index contributed by atoms with van der Waals surface area (Å²) in [6.45, 7) is 3.44. The minimum absolute atomic E-state index is 0.760. The van der Waals surface area contributed by atoms with Crippen LogP contribution in [0, 0.1) is 5.92 Å². The molecule has 1 atom stereocenters. The highest BCUT2D eigenvalue weighted by Gasteiger charge is 2.18. The van der Waals surface area contributed by atoms with Crippen molar-refractivity contribution in [3.05, 3.63) is 22.8 Å². The zero-order valence-electron chi connectivity index (χ0n) is 8.91. The highest BCUT2D eigenvalue weighted by molar-refractivity contribution is 9.10. The third-order valence-corrected chi connectivity index (χ3v) is 3.22. The van der Waals surface area contributed by atoms with E-state index in [0.717, 1.165) is 22.9 Å². The van der Waals surface area contributed by atoms with Gasteiger partial charge in [-0.05, 0) is 54.0 Å². The average molecular weight is 270 g/mol. The lowest BCUT2D eigenvalue weighted by Gasteiger charge is -2.12. The minimum Gasteiger partial charge on any atom is -0.370 e. The Hall–Kier alpha value is -0.610. The van der Waals surface area contributed by atoms with Crippen molar-refractivity contribution in [1.29, 1.82) is 0 Å². The first-order valence-corrected chi connectivity index (χ1v) is 6.08. The average Bonchev–Trinajstić information content (AvgIpc) is 2.62. The number of pyridine rings is 1. The highest BCUT2D eigenvalue weighted by atomic mass is 79.9. The van der Waals surface area contributed by atoms with Gasteiger partial charge in [0.15, 0.2) is 0 Å². The first-order chi connectivity index (χ1) is 7.24. The fraction of sp³-hybridized carbons (Fsp3) is 0.545. The van der Waals surface area contributed by atoms with Gasteiger partial charge in [0.2, 0.25) is 0 Å². The number of hydrogen-bond donors (Lipinski definition) is 1. The molecule has 0 saturated carbocycles. The maximum atomic E-state index is 4.35. The van der Waals surface area contributed by atoms with Crippen LogP contribution in [0.3, 0.4) is 0 Å². The van der Waals surface area contributed by atoms with Crippen LogP contribution in [0.5, 0.6) is 0 Å². The van der Waals surface area contributed by atoms with Crippen LogP contribution >= 0.6 is 15.9 Å². The van der Waals surface area contributed by atoms with Gasteiger partial charge in [0.05, 0.1) is 0 Å². The van der Waals surface area contributed by atoms with Gasteiger partial charge in [-0.1, -0.05) is 6.07 Å². The lowest BCUT2D eigenvalue weighted by atomic mass is 10.1. The van der Waals surface area contributed by atoms with E-state index in [1.165, 1.54) is 19.5 Å². The number of halogens is 1. The maximum absolute atomic E-state index is 4.35. The Morgan fingerprint density at radius 2 is 2.47 bits per heavy atom. The van der Waals surface area contributed by atoms with Crippen molar-refractivity contribution in [3.63, 3.8) is 0 Å². The summed E-state index contributed by atoms with van der Waals surface area (Å²) >= 11 is 3.37. The Morgan fingerprint density at radius 1 is 1.60 bits per heavy atom. The van der Waals surface area contributed by atoms with Crippen LogP contribution < -0.4 is 5.32 Å². The van der Waals surface area contributed by atoms with Crippen LogP contribution in [0.1, 0.15) is 6.42 Å². The summed E-state index contributed by atoms with van der Waals surface area (Å²) in [5, 5.41) is 3.38. The van der Waals surface area contributed by atoms with Crippen LogP contribution in [0.2, 0.25) is 0 Å². The molecule has 1 aliphatic heterocycles. The van der Waals surface area contributed by atoms with E-state index in [1.807, 2.05) is 18.2 Å². The molecule has 4 heteroatoms. The summed E-state index contributed by atoms with van der Waals surface area (Å²) in [6.07, 6.45) is 1.29. The Bertz CT molecular complexity index is 329. The van der Waals surface area contributed by atoms with E-state index in [1.54, 1.807) is 0 Å². The molecule has 1 fully saturated rings. The number of nitrogens with zero attached hydrogens (tertiary/aromatic N) is 2. The van der Waals surface area contributed by atoms with Gasteiger partial charge in [-0.15, -0.1) is 0 Å². The molecule has 1 aromatic rings. The SMILES string of the molecule is CN1CCC(CNc2cccc(Br)n2)C1. The van der Waals surface area contributed by atoms with Crippen molar-refractivity contribution >= 4 is 21.7 Å². The quantitative estimate of drug-likeness (QED) is 0.853. The molecule has 2 heterocycles. The summed E-state index contributed by atoms with van der Waals surface area (Å²) in [7, 11) is 2.18. The summed E-state index contributed by atoms with van der Waals surface area (Å²) in [5.74, 6) is 1.72. The van der Waals surface area contributed by atoms with Crippen molar-refractivity contribution in [2.75, 3.05) is 32.0 Å². The van der Waals surface area contributed by atoms with E-state index < -0.39 is 0 Å². The number of hydrogen-bond acceptors (Lipinski definition) is 3. The van der Waals surface area contributed by atoms with E-state index in [4.69, 9.17) is 0 Å². The van der Waals surface area contributed by atoms with Gasteiger partial charge in [-0.25, -0.2) is 4.98 Å². The Labute approximate surface area is 99.0 Å². The lowest BCUT2D eigenvalue weighted by molar-refractivity contribution is 0.399. The Kier molecular flexibility index (Phi) is 3.59. The fourth-order valence-corrected chi connectivity index (χ4v) is 2.29. The van der Waals surface area contributed by atoms with Gasteiger partial charge >= 0.3 is 0 Å². The number of anilines is 1. The first kappa shape index (κ1) is 10.9. The zero-order chi connectivity index (χ0) is 10.7.